The van der Waals surface area contributed by atoms with Gasteiger partial charge in [0.25, 0.3) is 0 Å². The summed E-state index contributed by atoms with van der Waals surface area (Å²) in [4.78, 5) is 1.84. The Bertz CT molecular complexity index is 37.1. The SMILES string of the molecule is [CH2]N(C)CCOC. The summed E-state index contributed by atoms with van der Waals surface area (Å²) >= 11 is 0. The van der Waals surface area contributed by atoms with Crippen molar-refractivity contribution in [2.75, 3.05) is 27.3 Å². The van der Waals surface area contributed by atoms with Gasteiger partial charge in [-0.3, -0.25) is 0 Å². The highest BCUT2D eigenvalue weighted by Gasteiger charge is 1.84. The highest BCUT2D eigenvalue weighted by molar-refractivity contribution is 4.42. The van der Waals surface area contributed by atoms with E-state index in [1.807, 2.05) is 11.9 Å². The molecule has 0 aliphatic rings. The van der Waals surface area contributed by atoms with Crippen molar-refractivity contribution in [2.24, 2.45) is 0 Å². The second-order valence-electron chi connectivity index (χ2n) is 1.57. The van der Waals surface area contributed by atoms with Gasteiger partial charge in [0.1, 0.15) is 0 Å². The van der Waals surface area contributed by atoms with Crippen LogP contribution in [0.5, 0.6) is 0 Å². The normalized spacial score (nSPS) is 10.3. The van der Waals surface area contributed by atoms with Crippen molar-refractivity contribution in [3.8, 4) is 0 Å². The quantitative estimate of drug-likeness (QED) is 0.510. The van der Waals surface area contributed by atoms with E-state index in [4.69, 9.17) is 4.74 Å². The van der Waals surface area contributed by atoms with Gasteiger partial charge >= 0.3 is 0 Å². The molecule has 0 heterocycles. The number of methoxy groups -OCH3 is 1. The molecule has 2 nitrogen and oxygen atoms in total. The number of rotatable bonds is 3. The maximum atomic E-state index is 4.77. The molecule has 43 valence electrons. The van der Waals surface area contributed by atoms with Crippen LogP contribution in [0.4, 0.5) is 0 Å². The van der Waals surface area contributed by atoms with Crippen molar-refractivity contribution in [1.82, 2.24) is 4.90 Å². The molecular formula is C5H12NO. The Kier molecular flexibility index (Phi) is 4.04. The van der Waals surface area contributed by atoms with Gasteiger partial charge in [-0.05, 0) is 7.05 Å². The zero-order valence-corrected chi connectivity index (χ0v) is 4.98. The molecule has 0 fully saturated rings. The van der Waals surface area contributed by atoms with Gasteiger partial charge in [0.05, 0.1) is 6.61 Å². The summed E-state index contributed by atoms with van der Waals surface area (Å²) in [5.41, 5.74) is 0. The first-order valence-corrected chi connectivity index (χ1v) is 2.28. The highest BCUT2D eigenvalue weighted by atomic mass is 16.5. The van der Waals surface area contributed by atoms with Crippen LogP contribution < -0.4 is 0 Å². The highest BCUT2D eigenvalue weighted by Crippen LogP contribution is 1.74. The second-order valence-corrected chi connectivity index (χ2v) is 1.57. The third-order valence-corrected chi connectivity index (χ3v) is 0.677. The van der Waals surface area contributed by atoms with Crippen LogP contribution in [0, 0.1) is 7.05 Å². The Labute approximate surface area is 45.1 Å². The van der Waals surface area contributed by atoms with E-state index in [2.05, 4.69) is 7.05 Å². The summed E-state index contributed by atoms with van der Waals surface area (Å²) in [6.45, 7) is 1.66. The van der Waals surface area contributed by atoms with E-state index in [1.54, 1.807) is 7.11 Å². The minimum atomic E-state index is 0.764. The number of likely N-dealkylation sites (N-methyl/N-ethyl adjacent to an activating group) is 1. The van der Waals surface area contributed by atoms with Gasteiger partial charge in [-0.2, -0.15) is 0 Å². The van der Waals surface area contributed by atoms with Crippen LogP contribution in [0.2, 0.25) is 0 Å². The molecule has 2 heteroatoms. The van der Waals surface area contributed by atoms with E-state index >= 15 is 0 Å². The molecule has 0 bridgehead atoms. The van der Waals surface area contributed by atoms with Crippen LogP contribution in [0.15, 0.2) is 0 Å². The van der Waals surface area contributed by atoms with Gasteiger partial charge < -0.3 is 9.64 Å². The average Bonchev–Trinajstić information content (AvgIpc) is 1.61. The van der Waals surface area contributed by atoms with E-state index in [1.165, 1.54) is 0 Å². The monoisotopic (exact) mass is 102 g/mol. The third kappa shape index (κ3) is 5.92. The van der Waals surface area contributed by atoms with Crippen LogP contribution in [-0.2, 0) is 4.74 Å². The predicted octanol–water partition coefficient (Wildman–Crippen LogP) is 0.356. The molecule has 0 aromatic carbocycles. The minimum Gasteiger partial charge on any atom is -0.383 e. The first kappa shape index (κ1) is 6.92. The predicted molar refractivity (Wildman–Crippen MR) is 29.9 cm³/mol. The van der Waals surface area contributed by atoms with Crippen molar-refractivity contribution in [1.29, 1.82) is 0 Å². The molecule has 0 aromatic heterocycles. The summed E-state index contributed by atoms with van der Waals surface area (Å²) in [6.07, 6.45) is 0. The largest absolute Gasteiger partial charge is 0.383 e. The summed E-state index contributed by atoms with van der Waals surface area (Å²) in [6, 6.07) is 0. The summed E-state index contributed by atoms with van der Waals surface area (Å²) < 4.78 is 4.77. The molecule has 0 atom stereocenters. The molecule has 0 amide bonds. The zero-order chi connectivity index (χ0) is 5.70. The average molecular weight is 102 g/mol. The molecule has 0 N–H and O–H groups in total. The summed E-state index contributed by atoms with van der Waals surface area (Å²) in [7, 11) is 7.23. The third-order valence-electron chi connectivity index (χ3n) is 0.677. The van der Waals surface area contributed by atoms with Gasteiger partial charge in [0, 0.05) is 20.7 Å². The van der Waals surface area contributed by atoms with Crippen molar-refractivity contribution in [2.45, 2.75) is 0 Å². The fourth-order valence-corrected chi connectivity index (χ4v) is 0.247. The standard InChI is InChI=1S/C5H12NO/c1-6(2)4-5-7-3/h1,4-5H2,2-3H3. The maximum Gasteiger partial charge on any atom is 0.0589 e. The van der Waals surface area contributed by atoms with Crippen LogP contribution in [0.1, 0.15) is 0 Å². The van der Waals surface area contributed by atoms with Gasteiger partial charge in [-0.25, -0.2) is 0 Å². The van der Waals surface area contributed by atoms with Crippen molar-refractivity contribution in [3.63, 3.8) is 0 Å². The van der Waals surface area contributed by atoms with E-state index in [9.17, 15) is 0 Å². The maximum absolute atomic E-state index is 4.77. The number of nitrogens with zero attached hydrogens (tertiary/aromatic N) is 1. The van der Waals surface area contributed by atoms with Crippen LogP contribution in [-0.4, -0.2) is 32.2 Å². The summed E-state index contributed by atoms with van der Waals surface area (Å²) in [5, 5.41) is 0. The first-order valence-electron chi connectivity index (χ1n) is 2.28. The topological polar surface area (TPSA) is 12.5 Å². The Morgan fingerprint density at radius 1 is 1.71 bits per heavy atom. The van der Waals surface area contributed by atoms with Crippen molar-refractivity contribution >= 4 is 0 Å². The lowest BCUT2D eigenvalue weighted by Gasteiger charge is -2.05. The minimum absolute atomic E-state index is 0.764. The Balaban J connectivity index is 2.68. The summed E-state index contributed by atoms with van der Waals surface area (Å²) in [5.74, 6) is 0. The van der Waals surface area contributed by atoms with E-state index in [0.29, 0.717) is 0 Å². The van der Waals surface area contributed by atoms with E-state index < -0.39 is 0 Å². The number of hydrogen-bond acceptors (Lipinski definition) is 2. The smallest absolute Gasteiger partial charge is 0.0589 e. The molecule has 0 rings (SSSR count). The van der Waals surface area contributed by atoms with Crippen molar-refractivity contribution < 1.29 is 4.74 Å². The molecule has 0 saturated carbocycles. The van der Waals surface area contributed by atoms with Gasteiger partial charge in [0.15, 0.2) is 0 Å². The second kappa shape index (κ2) is 4.09. The lowest BCUT2D eigenvalue weighted by molar-refractivity contribution is 0.177. The van der Waals surface area contributed by atoms with Gasteiger partial charge in [-0.15, -0.1) is 0 Å². The van der Waals surface area contributed by atoms with Crippen molar-refractivity contribution in [3.05, 3.63) is 7.05 Å². The molecule has 0 aliphatic heterocycles. The molecular weight excluding hydrogens is 90.1 g/mol. The first-order chi connectivity index (χ1) is 3.27. The Hall–Kier alpha value is -0.0800. The molecule has 0 aromatic rings. The molecule has 1 radical (unpaired) electrons. The molecule has 0 spiro atoms. The Morgan fingerprint density at radius 2 is 2.29 bits per heavy atom. The van der Waals surface area contributed by atoms with E-state index in [-0.39, 0.29) is 0 Å². The van der Waals surface area contributed by atoms with E-state index in [0.717, 1.165) is 13.2 Å². The van der Waals surface area contributed by atoms with Crippen LogP contribution in [0.25, 0.3) is 0 Å². The fourth-order valence-electron chi connectivity index (χ4n) is 0.247. The van der Waals surface area contributed by atoms with Gasteiger partial charge in [0.2, 0.25) is 0 Å². The molecule has 7 heavy (non-hydrogen) atoms. The molecule has 0 unspecified atom stereocenters. The lowest BCUT2D eigenvalue weighted by Crippen LogP contribution is -2.14. The number of hydrogen-bond donors (Lipinski definition) is 0. The van der Waals surface area contributed by atoms with Crippen LogP contribution >= 0.6 is 0 Å². The Morgan fingerprint density at radius 3 is 2.43 bits per heavy atom. The lowest BCUT2D eigenvalue weighted by atomic mass is 10.6. The molecule has 0 saturated heterocycles. The number of ether oxygens (including phenoxy) is 1. The zero-order valence-electron chi connectivity index (χ0n) is 4.98. The molecule has 0 aliphatic carbocycles. The fraction of sp³-hybridized carbons (Fsp3) is 0.800. The van der Waals surface area contributed by atoms with Crippen LogP contribution in [0.3, 0.4) is 0 Å². The van der Waals surface area contributed by atoms with Gasteiger partial charge in [-0.1, -0.05) is 0 Å².